The number of aryl methyl sites for hydroxylation is 2. The van der Waals surface area contributed by atoms with E-state index in [2.05, 4.69) is 10.3 Å². The Morgan fingerprint density at radius 2 is 1.74 bits per heavy atom. The Morgan fingerprint density at radius 3 is 2.48 bits per heavy atom. The number of amides is 1. The molecule has 3 aromatic rings. The SMILES string of the molecule is Cc1ccc(CNC(=O)c2c(C)c3ccccc3[nH]c2=O)cc1. The Hall–Kier alpha value is -2.88. The summed E-state index contributed by atoms with van der Waals surface area (Å²) < 4.78 is 0. The normalized spacial score (nSPS) is 10.7. The van der Waals surface area contributed by atoms with Crippen LogP contribution in [0, 0.1) is 13.8 Å². The average molecular weight is 306 g/mol. The largest absolute Gasteiger partial charge is 0.348 e. The lowest BCUT2D eigenvalue weighted by Gasteiger charge is -2.10. The number of nitrogens with one attached hydrogen (secondary N) is 2. The van der Waals surface area contributed by atoms with Gasteiger partial charge in [-0.15, -0.1) is 0 Å². The smallest absolute Gasteiger partial charge is 0.261 e. The molecular formula is C19H18N2O2. The van der Waals surface area contributed by atoms with Crippen LogP contribution in [0.5, 0.6) is 0 Å². The molecule has 0 atom stereocenters. The third-order valence-electron chi connectivity index (χ3n) is 3.98. The predicted molar refractivity (Wildman–Crippen MR) is 91.7 cm³/mol. The third-order valence-corrected chi connectivity index (χ3v) is 3.98. The van der Waals surface area contributed by atoms with Gasteiger partial charge in [-0.3, -0.25) is 9.59 Å². The minimum absolute atomic E-state index is 0.177. The molecule has 0 saturated heterocycles. The first-order valence-electron chi connectivity index (χ1n) is 7.51. The first-order valence-corrected chi connectivity index (χ1v) is 7.51. The highest BCUT2D eigenvalue weighted by molar-refractivity contribution is 5.99. The highest BCUT2D eigenvalue weighted by Gasteiger charge is 2.16. The summed E-state index contributed by atoms with van der Waals surface area (Å²) in [6.07, 6.45) is 0. The highest BCUT2D eigenvalue weighted by atomic mass is 16.2. The predicted octanol–water partition coefficient (Wildman–Crippen LogP) is 3.07. The number of aromatic nitrogens is 1. The van der Waals surface area contributed by atoms with Crippen LogP contribution >= 0.6 is 0 Å². The van der Waals surface area contributed by atoms with E-state index in [0.29, 0.717) is 12.1 Å². The molecule has 1 amide bonds. The van der Waals surface area contributed by atoms with Crippen molar-refractivity contribution in [1.82, 2.24) is 10.3 Å². The highest BCUT2D eigenvalue weighted by Crippen LogP contribution is 2.16. The van der Waals surface area contributed by atoms with Crippen molar-refractivity contribution in [3.8, 4) is 0 Å². The first-order chi connectivity index (χ1) is 11.1. The Balaban J connectivity index is 1.89. The van der Waals surface area contributed by atoms with Gasteiger partial charge in [-0.25, -0.2) is 0 Å². The molecular weight excluding hydrogens is 288 g/mol. The van der Waals surface area contributed by atoms with Crippen molar-refractivity contribution in [3.63, 3.8) is 0 Å². The van der Waals surface area contributed by atoms with Gasteiger partial charge in [0, 0.05) is 17.4 Å². The Morgan fingerprint density at radius 1 is 1.04 bits per heavy atom. The molecule has 0 spiro atoms. The maximum Gasteiger partial charge on any atom is 0.261 e. The second-order valence-electron chi connectivity index (χ2n) is 5.67. The molecule has 116 valence electrons. The van der Waals surface area contributed by atoms with E-state index < -0.39 is 0 Å². The minimum Gasteiger partial charge on any atom is -0.348 e. The second-order valence-corrected chi connectivity index (χ2v) is 5.67. The van der Waals surface area contributed by atoms with Crippen LogP contribution in [-0.4, -0.2) is 10.9 Å². The lowest BCUT2D eigenvalue weighted by atomic mass is 10.0. The minimum atomic E-state index is -0.359. The number of aromatic amines is 1. The molecule has 0 aliphatic carbocycles. The number of rotatable bonds is 3. The summed E-state index contributed by atoms with van der Waals surface area (Å²) in [4.78, 5) is 27.4. The van der Waals surface area contributed by atoms with Crippen LogP contribution in [0.1, 0.15) is 27.0 Å². The van der Waals surface area contributed by atoms with Gasteiger partial charge in [-0.05, 0) is 31.0 Å². The quantitative estimate of drug-likeness (QED) is 0.781. The molecule has 2 aromatic carbocycles. The van der Waals surface area contributed by atoms with Gasteiger partial charge in [-0.1, -0.05) is 48.0 Å². The molecule has 1 heterocycles. The number of pyridine rings is 1. The van der Waals surface area contributed by atoms with Crippen LogP contribution in [0.25, 0.3) is 10.9 Å². The van der Waals surface area contributed by atoms with Crippen molar-refractivity contribution < 1.29 is 4.79 Å². The Labute approximate surface area is 134 Å². The molecule has 0 unspecified atom stereocenters. The monoisotopic (exact) mass is 306 g/mol. The van der Waals surface area contributed by atoms with E-state index in [0.717, 1.165) is 16.5 Å². The number of para-hydroxylation sites is 1. The molecule has 0 radical (unpaired) electrons. The zero-order valence-corrected chi connectivity index (χ0v) is 13.1. The van der Waals surface area contributed by atoms with E-state index in [-0.39, 0.29) is 17.0 Å². The fourth-order valence-corrected chi connectivity index (χ4v) is 2.66. The number of carbonyl (C=O) groups excluding carboxylic acids is 1. The van der Waals surface area contributed by atoms with Gasteiger partial charge in [0.1, 0.15) is 5.56 Å². The van der Waals surface area contributed by atoms with Gasteiger partial charge in [0.25, 0.3) is 11.5 Å². The van der Waals surface area contributed by atoms with Gasteiger partial charge >= 0.3 is 0 Å². The van der Waals surface area contributed by atoms with Crippen LogP contribution in [-0.2, 0) is 6.54 Å². The average Bonchev–Trinajstić information content (AvgIpc) is 2.54. The molecule has 2 N–H and O–H groups in total. The van der Waals surface area contributed by atoms with E-state index >= 15 is 0 Å². The van der Waals surface area contributed by atoms with Crippen LogP contribution in [0.2, 0.25) is 0 Å². The topological polar surface area (TPSA) is 62.0 Å². The summed E-state index contributed by atoms with van der Waals surface area (Å²) in [6, 6.07) is 15.4. The van der Waals surface area contributed by atoms with Crippen molar-refractivity contribution in [2.24, 2.45) is 0 Å². The molecule has 4 heteroatoms. The van der Waals surface area contributed by atoms with E-state index in [1.165, 1.54) is 5.56 Å². The van der Waals surface area contributed by atoms with E-state index in [1.807, 2.05) is 55.5 Å². The summed E-state index contributed by atoms with van der Waals surface area (Å²) in [5.74, 6) is -0.352. The summed E-state index contributed by atoms with van der Waals surface area (Å²) in [5, 5.41) is 3.70. The zero-order chi connectivity index (χ0) is 16.4. The van der Waals surface area contributed by atoms with Gasteiger partial charge in [0.2, 0.25) is 0 Å². The Bertz CT molecular complexity index is 924. The van der Waals surface area contributed by atoms with Gasteiger partial charge in [0.15, 0.2) is 0 Å². The van der Waals surface area contributed by atoms with Crippen LogP contribution in [0.15, 0.2) is 53.3 Å². The third kappa shape index (κ3) is 3.01. The van der Waals surface area contributed by atoms with Gasteiger partial charge in [-0.2, -0.15) is 0 Å². The molecule has 0 aliphatic rings. The number of hydrogen-bond donors (Lipinski definition) is 2. The van der Waals surface area contributed by atoms with Crippen LogP contribution in [0.4, 0.5) is 0 Å². The number of H-pyrrole nitrogens is 1. The molecule has 0 aliphatic heterocycles. The van der Waals surface area contributed by atoms with Crippen molar-refractivity contribution in [3.05, 3.63) is 81.1 Å². The molecule has 23 heavy (non-hydrogen) atoms. The van der Waals surface area contributed by atoms with Crippen molar-refractivity contribution >= 4 is 16.8 Å². The van der Waals surface area contributed by atoms with Crippen molar-refractivity contribution in [2.45, 2.75) is 20.4 Å². The van der Waals surface area contributed by atoms with Crippen molar-refractivity contribution in [1.29, 1.82) is 0 Å². The molecule has 4 nitrogen and oxygen atoms in total. The zero-order valence-electron chi connectivity index (χ0n) is 13.1. The van der Waals surface area contributed by atoms with Gasteiger partial charge < -0.3 is 10.3 Å². The summed E-state index contributed by atoms with van der Waals surface area (Å²) >= 11 is 0. The number of hydrogen-bond acceptors (Lipinski definition) is 2. The number of carbonyl (C=O) groups is 1. The second kappa shape index (κ2) is 6.08. The number of fused-ring (bicyclic) bond motifs is 1. The van der Waals surface area contributed by atoms with Crippen LogP contribution in [0.3, 0.4) is 0 Å². The van der Waals surface area contributed by atoms with E-state index in [4.69, 9.17) is 0 Å². The lowest BCUT2D eigenvalue weighted by Crippen LogP contribution is -2.30. The molecule has 0 saturated carbocycles. The standard InChI is InChI=1S/C19H18N2O2/c1-12-7-9-14(10-8-12)11-20-18(22)17-13(2)15-5-3-4-6-16(15)21-19(17)23/h3-10H,11H2,1-2H3,(H,20,22)(H,21,23). The number of benzene rings is 2. The first kappa shape index (κ1) is 15.0. The van der Waals surface area contributed by atoms with Gasteiger partial charge in [0.05, 0.1) is 0 Å². The van der Waals surface area contributed by atoms with Crippen molar-refractivity contribution in [2.75, 3.05) is 0 Å². The van der Waals surface area contributed by atoms with E-state index in [1.54, 1.807) is 6.92 Å². The summed E-state index contributed by atoms with van der Waals surface area (Å²) in [6.45, 7) is 4.21. The lowest BCUT2D eigenvalue weighted by molar-refractivity contribution is 0.0949. The molecule has 0 fully saturated rings. The molecule has 1 aromatic heterocycles. The maximum absolute atomic E-state index is 12.4. The molecule has 0 bridgehead atoms. The molecule has 3 rings (SSSR count). The fourth-order valence-electron chi connectivity index (χ4n) is 2.66. The van der Waals surface area contributed by atoms with Crippen LogP contribution < -0.4 is 10.9 Å². The fraction of sp³-hybridized carbons (Fsp3) is 0.158. The maximum atomic E-state index is 12.4. The summed E-state index contributed by atoms with van der Waals surface area (Å²) in [5.41, 5.74) is 3.43. The van der Waals surface area contributed by atoms with E-state index in [9.17, 15) is 9.59 Å². The Kier molecular flexibility index (Phi) is 3.98. The summed E-state index contributed by atoms with van der Waals surface area (Å²) in [7, 11) is 0.